The molecule has 1 aromatic carbocycles. The summed E-state index contributed by atoms with van der Waals surface area (Å²) < 4.78 is 0. The minimum atomic E-state index is -0.524. The van der Waals surface area contributed by atoms with Gasteiger partial charge < -0.3 is 21.3 Å². The summed E-state index contributed by atoms with van der Waals surface area (Å²) in [5.41, 5.74) is 8.24. The SMILES string of the molecule is Cc1cc(C(N)=O)c(NC(C)(C)C)cc1C(=O)NC1C[C@H]2CC[C@@H](C1)N2c1ccc(C(=O)C2CC2)cn1. The minimum Gasteiger partial charge on any atom is -0.380 e. The molecule has 2 aliphatic heterocycles. The lowest BCUT2D eigenvalue weighted by Gasteiger charge is -2.40. The van der Waals surface area contributed by atoms with Gasteiger partial charge in [-0.2, -0.15) is 0 Å². The first-order chi connectivity index (χ1) is 17.5. The van der Waals surface area contributed by atoms with E-state index in [9.17, 15) is 14.4 Å². The number of rotatable bonds is 7. The van der Waals surface area contributed by atoms with Crippen LogP contribution in [0.15, 0.2) is 30.5 Å². The van der Waals surface area contributed by atoms with E-state index in [1.165, 1.54) is 0 Å². The minimum absolute atomic E-state index is 0.0613. The highest BCUT2D eigenvalue weighted by molar-refractivity contribution is 6.03. The molecule has 2 amide bonds. The number of piperidine rings is 1. The maximum Gasteiger partial charge on any atom is 0.251 e. The van der Waals surface area contributed by atoms with E-state index in [0.717, 1.165) is 49.9 Å². The lowest BCUT2D eigenvalue weighted by molar-refractivity contribution is 0.0923. The number of fused-ring (bicyclic) bond motifs is 2. The average Bonchev–Trinajstić information content (AvgIpc) is 3.63. The van der Waals surface area contributed by atoms with Gasteiger partial charge in [-0.05, 0) is 96.0 Å². The second-order valence-corrected chi connectivity index (χ2v) is 11.9. The van der Waals surface area contributed by atoms with Crippen LogP contribution in [0.3, 0.4) is 0 Å². The maximum absolute atomic E-state index is 13.4. The second-order valence-electron chi connectivity index (χ2n) is 11.9. The van der Waals surface area contributed by atoms with Gasteiger partial charge in [0.05, 0.1) is 5.56 Å². The molecule has 1 aromatic heterocycles. The zero-order valence-electron chi connectivity index (χ0n) is 22.1. The van der Waals surface area contributed by atoms with Crippen LogP contribution >= 0.6 is 0 Å². The van der Waals surface area contributed by atoms with Crippen LogP contribution in [0.4, 0.5) is 11.5 Å². The van der Waals surface area contributed by atoms with Crippen molar-refractivity contribution in [3.8, 4) is 0 Å². The number of nitrogens with zero attached hydrogens (tertiary/aromatic N) is 2. The number of amides is 2. The number of ketones is 1. The highest BCUT2D eigenvalue weighted by atomic mass is 16.2. The predicted molar refractivity (Wildman–Crippen MR) is 144 cm³/mol. The number of nitrogens with one attached hydrogen (secondary N) is 2. The van der Waals surface area contributed by atoms with E-state index in [1.807, 2.05) is 39.8 Å². The molecule has 3 aliphatic rings. The van der Waals surface area contributed by atoms with Gasteiger partial charge in [0.2, 0.25) is 0 Å². The number of Topliss-reactive ketones (excluding diaryl/α,β-unsaturated/α-hetero) is 1. The maximum atomic E-state index is 13.4. The molecular formula is C29H37N5O3. The summed E-state index contributed by atoms with van der Waals surface area (Å²) in [6.45, 7) is 7.81. The topological polar surface area (TPSA) is 117 Å². The Labute approximate surface area is 218 Å². The van der Waals surface area contributed by atoms with Crippen LogP contribution < -0.4 is 21.3 Å². The monoisotopic (exact) mass is 503 g/mol. The van der Waals surface area contributed by atoms with Gasteiger partial charge in [-0.15, -0.1) is 0 Å². The van der Waals surface area contributed by atoms with Crippen molar-refractivity contribution in [2.45, 2.75) is 89.9 Å². The normalized spacial score (nSPS) is 23.0. The van der Waals surface area contributed by atoms with Crippen LogP contribution in [0.2, 0.25) is 0 Å². The van der Waals surface area contributed by atoms with Crippen molar-refractivity contribution in [3.05, 3.63) is 52.7 Å². The van der Waals surface area contributed by atoms with Crippen molar-refractivity contribution in [2.24, 2.45) is 11.7 Å². The van der Waals surface area contributed by atoms with Gasteiger partial charge in [-0.25, -0.2) is 4.98 Å². The number of aryl methyl sites for hydroxylation is 1. The average molecular weight is 504 g/mol. The lowest BCUT2D eigenvalue weighted by atomic mass is 9.95. The summed E-state index contributed by atoms with van der Waals surface area (Å²) in [5.74, 6) is 0.664. The Balaban J connectivity index is 1.28. The summed E-state index contributed by atoms with van der Waals surface area (Å²) >= 11 is 0. The Kier molecular flexibility index (Phi) is 6.46. The van der Waals surface area contributed by atoms with Crippen LogP contribution in [0.25, 0.3) is 0 Å². The van der Waals surface area contributed by atoms with Crippen molar-refractivity contribution in [1.29, 1.82) is 0 Å². The quantitative estimate of drug-likeness (QED) is 0.487. The summed E-state index contributed by atoms with van der Waals surface area (Å²) in [7, 11) is 0. The van der Waals surface area contributed by atoms with Crippen LogP contribution in [0.5, 0.6) is 0 Å². The molecule has 2 aromatic rings. The molecule has 2 saturated heterocycles. The predicted octanol–water partition coefficient (Wildman–Crippen LogP) is 4.22. The zero-order valence-corrected chi connectivity index (χ0v) is 22.1. The number of hydrogen-bond donors (Lipinski definition) is 3. The number of nitrogens with two attached hydrogens (primary N) is 1. The van der Waals surface area contributed by atoms with Crippen molar-refractivity contribution < 1.29 is 14.4 Å². The smallest absolute Gasteiger partial charge is 0.251 e. The number of primary amides is 1. The standard InChI is InChI=1S/C29H37N5O3/c1-16-11-23(27(30)36)24(33-29(2,3)4)14-22(16)28(37)32-19-12-20-8-9-21(13-19)34(20)25-10-7-18(15-31-25)26(35)17-5-6-17/h7,10-11,14-15,17,19-21,33H,5-6,8-9,12-13H2,1-4H3,(H2,30,36)(H,32,37)/t19?,20-,21+. The Hall–Kier alpha value is -3.42. The third-order valence-electron chi connectivity index (χ3n) is 7.70. The molecule has 4 N–H and O–H groups in total. The van der Waals surface area contributed by atoms with Gasteiger partial charge in [0.1, 0.15) is 5.82 Å². The zero-order chi connectivity index (χ0) is 26.5. The number of carbonyl (C=O) groups excluding carboxylic acids is 3. The number of carbonyl (C=O) groups is 3. The fourth-order valence-electron chi connectivity index (χ4n) is 5.86. The highest BCUT2D eigenvalue weighted by Crippen LogP contribution is 2.39. The summed E-state index contributed by atoms with van der Waals surface area (Å²) in [5, 5.41) is 6.57. The molecule has 8 nitrogen and oxygen atoms in total. The van der Waals surface area contributed by atoms with Crippen molar-refractivity contribution in [3.63, 3.8) is 0 Å². The fourth-order valence-corrected chi connectivity index (χ4v) is 5.86. The van der Waals surface area contributed by atoms with Crippen molar-refractivity contribution in [2.75, 3.05) is 10.2 Å². The third-order valence-corrected chi connectivity index (χ3v) is 7.70. The second kappa shape index (κ2) is 9.47. The Morgan fingerprint density at radius 2 is 1.68 bits per heavy atom. The van der Waals surface area contributed by atoms with Crippen LogP contribution in [-0.2, 0) is 0 Å². The van der Waals surface area contributed by atoms with Crippen LogP contribution in [0.1, 0.15) is 95.9 Å². The van der Waals surface area contributed by atoms with E-state index in [2.05, 4.69) is 20.5 Å². The summed E-state index contributed by atoms with van der Waals surface area (Å²) in [4.78, 5) is 44.8. The molecule has 1 unspecified atom stereocenters. The molecule has 8 heteroatoms. The lowest BCUT2D eigenvalue weighted by Crippen LogP contribution is -2.50. The summed E-state index contributed by atoms with van der Waals surface area (Å²) in [6.07, 6.45) is 7.53. The number of benzene rings is 1. The van der Waals surface area contributed by atoms with Crippen LogP contribution in [-0.4, -0.2) is 46.2 Å². The molecular weight excluding hydrogens is 466 g/mol. The first kappa shape index (κ1) is 25.2. The van der Waals surface area contributed by atoms with Gasteiger partial charge in [-0.3, -0.25) is 14.4 Å². The molecule has 0 radical (unpaired) electrons. The van der Waals surface area contributed by atoms with Gasteiger partial charge in [-0.1, -0.05) is 0 Å². The van der Waals surface area contributed by atoms with E-state index < -0.39 is 5.91 Å². The first-order valence-electron chi connectivity index (χ1n) is 13.3. The number of pyridine rings is 1. The highest BCUT2D eigenvalue weighted by Gasteiger charge is 2.42. The van der Waals surface area contributed by atoms with Crippen molar-refractivity contribution >= 4 is 29.1 Å². The Bertz CT molecular complexity index is 1220. The van der Waals surface area contributed by atoms with Gasteiger partial charge >= 0.3 is 0 Å². The first-order valence-corrected chi connectivity index (χ1v) is 13.3. The molecule has 0 spiro atoms. The molecule has 1 saturated carbocycles. The Morgan fingerprint density at radius 3 is 2.22 bits per heavy atom. The number of aromatic nitrogens is 1. The van der Waals surface area contributed by atoms with Gasteiger partial charge in [0, 0.05) is 52.6 Å². The van der Waals surface area contributed by atoms with E-state index in [4.69, 9.17) is 5.73 Å². The summed E-state index contributed by atoms with van der Waals surface area (Å²) in [6, 6.07) is 8.00. The van der Waals surface area contributed by atoms with E-state index in [-0.39, 0.29) is 29.2 Å². The third kappa shape index (κ3) is 5.33. The molecule has 3 atom stereocenters. The molecule has 5 rings (SSSR count). The van der Waals surface area contributed by atoms with Gasteiger partial charge in [0.15, 0.2) is 5.78 Å². The molecule has 37 heavy (non-hydrogen) atoms. The molecule has 2 bridgehead atoms. The van der Waals surface area contributed by atoms with Gasteiger partial charge in [0.25, 0.3) is 11.8 Å². The number of hydrogen-bond acceptors (Lipinski definition) is 6. The van der Waals surface area contributed by atoms with Crippen LogP contribution in [0, 0.1) is 12.8 Å². The van der Waals surface area contributed by atoms with Crippen molar-refractivity contribution in [1.82, 2.24) is 10.3 Å². The largest absolute Gasteiger partial charge is 0.380 e. The molecule has 1 aliphatic carbocycles. The number of anilines is 2. The Morgan fingerprint density at radius 1 is 1.00 bits per heavy atom. The molecule has 3 heterocycles. The molecule has 196 valence electrons. The fraction of sp³-hybridized carbons (Fsp3) is 0.517. The van der Waals surface area contributed by atoms with E-state index >= 15 is 0 Å². The van der Waals surface area contributed by atoms with E-state index in [1.54, 1.807) is 18.3 Å². The van der Waals surface area contributed by atoms with E-state index in [0.29, 0.717) is 34.5 Å². The molecule has 3 fully saturated rings.